The first-order chi connectivity index (χ1) is 14.4. The predicted molar refractivity (Wildman–Crippen MR) is 113 cm³/mol. The summed E-state index contributed by atoms with van der Waals surface area (Å²) in [4.78, 5) is 16.7. The Morgan fingerprint density at radius 3 is 2.53 bits per heavy atom. The fraction of sp³-hybridized carbons (Fsp3) is 0.273. The number of benzene rings is 2. The Labute approximate surface area is 177 Å². The Morgan fingerprint density at radius 2 is 1.87 bits per heavy atom. The largest absolute Gasteiger partial charge is 0.367 e. The molecule has 0 amide bonds. The highest BCUT2D eigenvalue weighted by molar-refractivity contribution is 6.31. The zero-order valence-corrected chi connectivity index (χ0v) is 17.1. The Morgan fingerprint density at radius 1 is 1.13 bits per heavy atom. The lowest BCUT2D eigenvalue weighted by atomic mass is 10.1. The monoisotopic (exact) mass is 428 g/mol. The highest BCUT2D eigenvalue weighted by Crippen LogP contribution is 2.28. The molecule has 0 saturated carbocycles. The van der Waals surface area contributed by atoms with Crippen LogP contribution >= 0.6 is 11.6 Å². The van der Waals surface area contributed by atoms with Gasteiger partial charge in [-0.15, -0.1) is 0 Å². The van der Waals surface area contributed by atoms with Gasteiger partial charge in [0.1, 0.15) is 23.3 Å². The van der Waals surface area contributed by atoms with E-state index < -0.39 is 17.1 Å². The molecule has 0 radical (unpaired) electrons. The topological polar surface area (TPSA) is 52.3 Å². The molecule has 1 aliphatic heterocycles. The van der Waals surface area contributed by atoms with E-state index in [-0.39, 0.29) is 28.1 Å². The molecule has 8 heteroatoms. The summed E-state index contributed by atoms with van der Waals surface area (Å²) in [5.74, 6) is -1.01. The van der Waals surface area contributed by atoms with E-state index in [9.17, 15) is 18.8 Å². The molecule has 3 aromatic rings. The first-order valence-electron chi connectivity index (χ1n) is 9.52. The molecular formula is C22H19ClF2N4O. The highest BCUT2D eigenvalue weighted by Gasteiger charge is 2.21. The third kappa shape index (κ3) is 3.64. The lowest BCUT2D eigenvalue weighted by Gasteiger charge is -2.34. The third-order valence-electron chi connectivity index (χ3n) is 5.50. The molecule has 5 nitrogen and oxygen atoms in total. The second kappa shape index (κ2) is 8.05. The molecule has 30 heavy (non-hydrogen) atoms. The summed E-state index contributed by atoms with van der Waals surface area (Å²) < 4.78 is 30.9. The molecule has 2 aromatic carbocycles. The molecule has 0 unspecified atom stereocenters. The number of aromatic nitrogens is 1. The minimum Gasteiger partial charge on any atom is -0.367 e. The van der Waals surface area contributed by atoms with Crippen molar-refractivity contribution in [2.24, 2.45) is 0 Å². The van der Waals surface area contributed by atoms with Crippen LogP contribution in [0.3, 0.4) is 0 Å². The standard InChI is InChI=1S/C22H19ClF2N4O/c1-27-5-7-28(8-6-27)21-10-20-15(9-19(21)25)22(30)14(11-26)12-29(20)13-16-17(23)3-2-4-18(16)24/h2-4,9-10,12H,5-8,13H2,1H3. The zero-order valence-electron chi connectivity index (χ0n) is 16.3. The van der Waals surface area contributed by atoms with Crippen molar-refractivity contribution in [1.82, 2.24) is 9.47 Å². The highest BCUT2D eigenvalue weighted by atomic mass is 35.5. The second-order valence-electron chi connectivity index (χ2n) is 7.42. The fourth-order valence-electron chi connectivity index (χ4n) is 3.75. The van der Waals surface area contributed by atoms with E-state index in [1.54, 1.807) is 16.7 Å². The van der Waals surface area contributed by atoms with Gasteiger partial charge in [-0.05, 0) is 31.3 Å². The van der Waals surface area contributed by atoms with Gasteiger partial charge in [-0.3, -0.25) is 4.79 Å². The number of nitrogens with zero attached hydrogens (tertiary/aromatic N) is 4. The van der Waals surface area contributed by atoms with E-state index >= 15 is 0 Å². The van der Waals surface area contributed by atoms with Crippen molar-refractivity contribution in [2.45, 2.75) is 6.54 Å². The molecule has 2 heterocycles. The van der Waals surface area contributed by atoms with Gasteiger partial charge < -0.3 is 14.4 Å². The van der Waals surface area contributed by atoms with Crippen molar-refractivity contribution in [1.29, 1.82) is 5.26 Å². The molecule has 1 aromatic heterocycles. The molecular weight excluding hydrogens is 410 g/mol. The fourth-order valence-corrected chi connectivity index (χ4v) is 3.98. The maximum atomic E-state index is 14.9. The molecule has 0 N–H and O–H groups in total. The average molecular weight is 429 g/mol. The summed E-state index contributed by atoms with van der Waals surface area (Å²) in [6.45, 7) is 2.90. The third-order valence-corrected chi connectivity index (χ3v) is 5.86. The molecule has 1 saturated heterocycles. The summed E-state index contributed by atoms with van der Waals surface area (Å²) in [6, 6.07) is 9.00. The Kier molecular flexibility index (Phi) is 5.46. The van der Waals surface area contributed by atoms with Crippen LogP contribution in [0.4, 0.5) is 14.5 Å². The van der Waals surface area contributed by atoms with E-state index in [0.717, 1.165) is 13.1 Å². The number of hydrogen-bond donors (Lipinski definition) is 0. The van der Waals surface area contributed by atoms with Crippen LogP contribution in [0.15, 0.2) is 41.3 Å². The Bertz CT molecular complexity index is 1210. The molecule has 0 atom stereocenters. The number of piperazine rings is 1. The predicted octanol–water partition coefficient (Wildman–Crippen LogP) is 3.60. The van der Waals surface area contributed by atoms with Crippen molar-refractivity contribution in [3.8, 4) is 6.07 Å². The average Bonchev–Trinajstić information content (AvgIpc) is 2.73. The molecule has 4 rings (SSSR count). The maximum Gasteiger partial charge on any atom is 0.207 e. The first kappa shape index (κ1) is 20.3. The van der Waals surface area contributed by atoms with Crippen LogP contribution in [0.5, 0.6) is 0 Å². The van der Waals surface area contributed by atoms with Gasteiger partial charge in [-0.1, -0.05) is 17.7 Å². The number of fused-ring (bicyclic) bond motifs is 1. The number of likely N-dealkylation sites (N-methyl/N-ethyl adjacent to an activating group) is 1. The van der Waals surface area contributed by atoms with Crippen LogP contribution in [-0.2, 0) is 6.54 Å². The number of pyridine rings is 1. The molecule has 1 aliphatic rings. The van der Waals surface area contributed by atoms with Crippen LogP contribution in [0.25, 0.3) is 10.9 Å². The van der Waals surface area contributed by atoms with E-state index in [0.29, 0.717) is 24.3 Å². The van der Waals surface area contributed by atoms with Gasteiger partial charge >= 0.3 is 0 Å². The van der Waals surface area contributed by atoms with Gasteiger partial charge in [0.2, 0.25) is 5.43 Å². The van der Waals surface area contributed by atoms with Crippen molar-refractivity contribution in [3.05, 3.63) is 74.5 Å². The molecule has 0 spiro atoms. The maximum absolute atomic E-state index is 14.9. The number of rotatable bonds is 3. The first-order valence-corrected chi connectivity index (χ1v) is 9.90. The van der Waals surface area contributed by atoms with E-state index in [1.165, 1.54) is 24.4 Å². The number of nitriles is 1. The van der Waals surface area contributed by atoms with E-state index in [1.807, 2.05) is 18.0 Å². The van der Waals surface area contributed by atoms with E-state index in [4.69, 9.17) is 11.6 Å². The zero-order chi connectivity index (χ0) is 21.4. The summed E-state index contributed by atoms with van der Waals surface area (Å²) in [5, 5.41) is 9.68. The van der Waals surface area contributed by atoms with Gasteiger partial charge in [0, 0.05) is 43.0 Å². The minimum absolute atomic E-state index is 0.00474. The lowest BCUT2D eigenvalue weighted by Crippen LogP contribution is -2.44. The van der Waals surface area contributed by atoms with Crippen LogP contribution in [-0.4, -0.2) is 42.7 Å². The van der Waals surface area contributed by atoms with Crippen molar-refractivity contribution in [2.75, 3.05) is 38.1 Å². The van der Waals surface area contributed by atoms with Crippen LogP contribution < -0.4 is 10.3 Å². The van der Waals surface area contributed by atoms with Gasteiger partial charge in [0.05, 0.1) is 23.1 Å². The molecule has 0 bridgehead atoms. The SMILES string of the molecule is CN1CCN(c2cc3c(cc2F)c(=O)c(C#N)cn3Cc2c(F)cccc2Cl)CC1. The number of anilines is 1. The van der Waals surface area contributed by atoms with Crippen LogP contribution in [0.1, 0.15) is 11.1 Å². The molecule has 0 aliphatic carbocycles. The van der Waals surface area contributed by atoms with Crippen LogP contribution in [0, 0.1) is 23.0 Å². The lowest BCUT2D eigenvalue weighted by molar-refractivity contribution is 0.312. The number of halogens is 3. The van der Waals surface area contributed by atoms with Crippen molar-refractivity contribution in [3.63, 3.8) is 0 Å². The smallest absolute Gasteiger partial charge is 0.207 e. The van der Waals surface area contributed by atoms with Crippen LogP contribution in [0.2, 0.25) is 5.02 Å². The van der Waals surface area contributed by atoms with Gasteiger partial charge in [0.15, 0.2) is 0 Å². The van der Waals surface area contributed by atoms with E-state index in [2.05, 4.69) is 4.90 Å². The summed E-state index contributed by atoms with van der Waals surface area (Å²) >= 11 is 6.17. The quantitative estimate of drug-likeness (QED) is 0.639. The number of hydrogen-bond acceptors (Lipinski definition) is 4. The normalized spacial score (nSPS) is 14.8. The van der Waals surface area contributed by atoms with Gasteiger partial charge in [0.25, 0.3) is 0 Å². The van der Waals surface area contributed by atoms with Gasteiger partial charge in [-0.25, -0.2) is 8.78 Å². The Hall–Kier alpha value is -2.95. The van der Waals surface area contributed by atoms with Gasteiger partial charge in [-0.2, -0.15) is 5.26 Å². The second-order valence-corrected chi connectivity index (χ2v) is 7.83. The minimum atomic E-state index is -0.549. The molecule has 1 fully saturated rings. The van der Waals surface area contributed by atoms with Crippen molar-refractivity contribution >= 4 is 28.2 Å². The van der Waals surface area contributed by atoms with Crippen molar-refractivity contribution < 1.29 is 8.78 Å². The summed E-state index contributed by atoms with van der Waals surface area (Å²) in [5.41, 5.74) is 0.356. The Balaban J connectivity index is 1.90. The summed E-state index contributed by atoms with van der Waals surface area (Å²) in [7, 11) is 2.01. The molecule has 154 valence electrons. The summed E-state index contributed by atoms with van der Waals surface area (Å²) in [6.07, 6.45) is 1.37.